The summed E-state index contributed by atoms with van der Waals surface area (Å²) in [7, 11) is 0. The van der Waals surface area contributed by atoms with Gasteiger partial charge in [-0.15, -0.1) is 11.8 Å². The average Bonchev–Trinajstić information content (AvgIpc) is 3.11. The SMILES string of the molecule is CCCC(CCC)n1c(=O)oc2cc(C)c(SC)cc21.CCCOC1CCC(CC)CC1. The molecule has 0 N–H and O–H groups in total. The lowest BCUT2D eigenvalue weighted by atomic mass is 9.86. The molecule has 0 radical (unpaired) electrons. The largest absolute Gasteiger partial charge is 0.420 e. The Balaban J connectivity index is 0.000000258. The highest BCUT2D eigenvalue weighted by molar-refractivity contribution is 7.98. The zero-order valence-corrected chi connectivity index (χ0v) is 22.1. The van der Waals surface area contributed by atoms with Gasteiger partial charge < -0.3 is 9.15 Å². The van der Waals surface area contributed by atoms with Gasteiger partial charge in [-0.1, -0.05) is 47.0 Å². The van der Waals surface area contributed by atoms with Crippen LogP contribution >= 0.6 is 11.8 Å². The molecule has 2 aromatic rings. The lowest BCUT2D eigenvalue weighted by molar-refractivity contribution is 0.0181. The Hall–Kier alpha value is -1.20. The molecule has 3 rings (SSSR count). The molecule has 4 nitrogen and oxygen atoms in total. The Labute approximate surface area is 199 Å². The van der Waals surface area contributed by atoms with Crippen LogP contribution in [-0.2, 0) is 4.74 Å². The Kier molecular flexibility index (Phi) is 12.0. The highest BCUT2D eigenvalue weighted by Gasteiger charge is 2.20. The van der Waals surface area contributed by atoms with Crippen LogP contribution in [-0.4, -0.2) is 23.5 Å². The van der Waals surface area contributed by atoms with Crippen molar-refractivity contribution in [3.8, 4) is 0 Å². The second-order valence-electron chi connectivity index (χ2n) is 9.18. The molecule has 182 valence electrons. The molecule has 1 aliphatic rings. The first-order chi connectivity index (χ1) is 15.5. The number of oxazole rings is 1. The van der Waals surface area contributed by atoms with Gasteiger partial charge in [-0.05, 0) is 81.7 Å². The van der Waals surface area contributed by atoms with E-state index in [1.165, 1.54) is 37.0 Å². The molecule has 1 aliphatic carbocycles. The molecule has 0 atom stereocenters. The monoisotopic (exact) mass is 463 g/mol. The first kappa shape index (κ1) is 27.0. The maximum absolute atomic E-state index is 12.2. The molecule has 1 saturated carbocycles. The summed E-state index contributed by atoms with van der Waals surface area (Å²) in [6.45, 7) is 11.8. The lowest BCUT2D eigenvalue weighted by Crippen LogP contribution is -2.21. The van der Waals surface area contributed by atoms with Crippen LogP contribution in [0.2, 0.25) is 0 Å². The van der Waals surface area contributed by atoms with Crippen LogP contribution in [0.4, 0.5) is 0 Å². The molecule has 32 heavy (non-hydrogen) atoms. The number of nitrogens with zero attached hydrogens (tertiary/aromatic N) is 1. The van der Waals surface area contributed by atoms with E-state index in [0.29, 0.717) is 11.7 Å². The van der Waals surface area contributed by atoms with Crippen LogP contribution in [0.1, 0.15) is 104 Å². The van der Waals surface area contributed by atoms with Crippen molar-refractivity contribution in [1.29, 1.82) is 0 Å². The summed E-state index contributed by atoms with van der Waals surface area (Å²) in [4.78, 5) is 13.4. The van der Waals surface area contributed by atoms with Gasteiger partial charge in [-0.2, -0.15) is 0 Å². The number of benzene rings is 1. The van der Waals surface area contributed by atoms with Crippen molar-refractivity contribution < 1.29 is 9.15 Å². The molecule has 0 amide bonds. The van der Waals surface area contributed by atoms with Crippen molar-refractivity contribution in [2.24, 2.45) is 5.92 Å². The van der Waals surface area contributed by atoms with Gasteiger partial charge in [-0.3, -0.25) is 4.57 Å². The number of aryl methyl sites for hydroxylation is 1. The molecule has 0 saturated heterocycles. The molecule has 0 bridgehead atoms. The predicted molar refractivity (Wildman–Crippen MR) is 138 cm³/mol. The van der Waals surface area contributed by atoms with Crippen molar-refractivity contribution in [2.75, 3.05) is 12.9 Å². The highest BCUT2D eigenvalue weighted by atomic mass is 32.2. The quantitative estimate of drug-likeness (QED) is 0.333. The maximum Gasteiger partial charge on any atom is 0.420 e. The second-order valence-corrected chi connectivity index (χ2v) is 10.0. The zero-order valence-electron chi connectivity index (χ0n) is 21.2. The van der Waals surface area contributed by atoms with Crippen molar-refractivity contribution >= 4 is 22.9 Å². The van der Waals surface area contributed by atoms with Gasteiger partial charge in [0, 0.05) is 17.5 Å². The highest BCUT2D eigenvalue weighted by Crippen LogP contribution is 2.30. The summed E-state index contributed by atoms with van der Waals surface area (Å²) in [5, 5.41) is 0. The van der Waals surface area contributed by atoms with Crippen molar-refractivity contribution in [3.63, 3.8) is 0 Å². The second kappa shape index (κ2) is 14.1. The van der Waals surface area contributed by atoms with Gasteiger partial charge in [0.15, 0.2) is 5.58 Å². The average molecular weight is 464 g/mol. The van der Waals surface area contributed by atoms with Crippen LogP contribution < -0.4 is 5.76 Å². The number of ether oxygens (including phenoxy) is 1. The Morgan fingerprint density at radius 2 is 1.72 bits per heavy atom. The molecule has 1 fully saturated rings. The maximum atomic E-state index is 12.2. The number of thioether (sulfide) groups is 1. The van der Waals surface area contributed by atoms with Gasteiger partial charge in [0.2, 0.25) is 0 Å². The first-order valence-electron chi connectivity index (χ1n) is 12.8. The fraction of sp³-hybridized carbons (Fsp3) is 0.741. The number of rotatable bonds is 10. The van der Waals surface area contributed by atoms with Gasteiger partial charge >= 0.3 is 5.76 Å². The fourth-order valence-corrected chi connectivity index (χ4v) is 5.40. The predicted octanol–water partition coefficient (Wildman–Crippen LogP) is 8.15. The van der Waals surface area contributed by atoms with E-state index in [0.717, 1.165) is 55.7 Å². The first-order valence-corrected chi connectivity index (χ1v) is 14.0. The standard InChI is InChI=1S/C16H23NO2S.C11H22O/c1-5-7-12(8-6-2)17-13-10-15(20-4)11(3)9-14(13)19-16(17)18;1-3-9-12-11-7-5-10(4-2)6-8-11/h9-10,12H,5-8H2,1-4H3;10-11H,3-9H2,1-2H3. The minimum absolute atomic E-state index is 0.218. The molecule has 0 aliphatic heterocycles. The molecule has 1 heterocycles. The number of fused-ring (bicyclic) bond motifs is 1. The number of hydrogen-bond donors (Lipinski definition) is 0. The third-order valence-corrected chi connectivity index (χ3v) is 7.55. The van der Waals surface area contributed by atoms with Crippen LogP contribution in [0.5, 0.6) is 0 Å². The van der Waals surface area contributed by atoms with Crippen LogP contribution in [0, 0.1) is 12.8 Å². The van der Waals surface area contributed by atoms with Crippen LogP contribution in [0.25, 0.3) is 11.1 Å². The third-order valence-electron chi connectivity index (χ3n) is 6.67. The smallest absolute Gasteiger partial charge is 0.408 e. The van der Waals surface area contributed by atoms with E-state index in [1.54, 1.807) is 11.8 Å². The normalized spacial score (nSPS) is 18.7. The number of hydrogen-bond acceptors (Lipinski definition) is 4. The summed E-state index contributed by atoms with van der Waals surface area (Å²) in [6, 6.07) is 4.32. The zero-order chi connectivity index (χ0) is 23.5. The minimum Gasteiger partial charge on any atom is -0.408 e. The van der Waals surface area contributed by atoms with E-state index in [-0.39, 0.29) is 11.8 Å². The summed E-state index contributed by atoms with van der Waals surface area (Å²) >= 11 is 1.71. The molecular weight excluding hydrogens is 418 g/mol. The minimum atomic E-state index is -0.218. The summed E-state index contributed by atoms with van der Waals surface area (Å²) in [5.41, 5.74) is 2.81. The molecule has 1 aromatic heterocycles. The van der Waals surface area contributed by atoms with Crippen LogP contribution in [0.3, 0.4) is 0 Å². The third kappa shape index (κ3) is 7.41. The van der Waals surface area contributed by atoms with Gasteiger partial charge in [0.1, 0.15) is 0 Å². The Bertz CT molecular complexity index is 842. The van der Waals surface area contributed by atoms with Crippen molar-refractivity contribution in [3.05, 3.63) is 28.2 Å². The fourth-order valence-electron chi connectivity index (χ4n) is 4.79. The Morgan fingerprint density at radius 3 is 2.25 bits per heavy atom. The van der Waals surface area contributed by atoms with E-state index in [1.807, 2.05) is 10.6 Å². The molecule has 5 heteroatoms. The van der Waals surface area contributed by atoms with E-state index in [2.05, 4.69) is 46.9 Å². The molecule has 1 aromatic carbocycles. The molecular formula is C27H45NO3S. The summed E-state index contributed by atoms with van der Waals surface area (Å²) in [6.07, 6.45) is 14.8. The summed E-state index contributed by atoms with van der Waals surface area (Å²) < 4.78 is 13.0. The lowest BCUT2D eigenvalue weighted by Gasteiger charge is -2.27. The van der Waals surface area contributed by atoms with E-state index < -0.39 is 0 Å². The van der Waals surface area contributed by atoms with E-state index >= 15 is 0 Å². The van der Waals surface area contributed by atoms with Gasteiger partial charge in [-0.25, -0.2) is 4.79 Å². The van der Waals surface area contributed by atoms with Gasteiger partial charge in [0.05, 0.1) is 11.6 Å². The van der Waals surface area contributed by atoms with Crippen LogP contribution in [0.15, 0.2) is 26.2 Å². The molecule has 0 unspecified atom stereocenters. The van der Waals surface area contributed by atoms with Crippen molar-refractivity contribution in [2.45, 2.75) is 116 Å². The van der Waals surface area contributed by atoms with Crippen molar-refractivity contribution in [1.82, 2.24) is 4.57 Å². The summed E-state index contributed by atoms with van der Waals surface area (Å²) in [5.74, 6) is 0.774. The Morgan fingerprint density at radius 1 is 1.06 bits per heavy atom. The number of aromatic nitrogens is 1. The topological polar surface area (TPSA) is 44.4 Å². The van der Waals surface area contributed by atoms with Gasteiger partial charge in [0.25, 0.3) is 0 Å². The van der Waals surface area contributed by atoms with E-state index in [4.69, 9.17) is 9.15 Å². The molecule has 0 spiro atoms. The van der Waals surface area contributed by atoms with E-state index in [9.17, 15) is 4.79 Å².